The predicted molar refractivity (Wildman–Crippen MR) is 67.2 cm³/mol. The number of aryl methyl sites for hydroxylation is 1. The van der Waals surface area contributed by atoms with E-state index in [1.54, 1.807) is 5.38 Å². The van der Waals surface area contributed by atoms with Crippen LogP contribution in [0.1, 0.15) is 10.7 Å². The summed E-state index contributed by atoms with van der Waals surface area (Å²) in [4.78, 5) is 14.1. The molecule has 0 amide bonds. The largest absolute Gasteiger partial charge is 0.371 e. The first-order chi connectivity index (χ1) is 8.97. The number of aromatic nitrogens is 1. The molecule has 0 saturated carbocycles. The molecule has 0 aliphatic carbocycles. The second-order valence-electron chi connectivity index (χ2n) is 3.75. The molecule has 5 nitrogen and oxygen atoms in total. The molecule has 0 aliphatic rings. The van der Waals surface area contributed by atoms with E-state index in [9.17, 15) is 18.9 Å². The molecule has 1 N–H and O–H groups in total. The van der Waals surface area contributed by atoms with Gasteiger partial charge in [0.1, 0.15) is 11.5 Å². The highest BCUT2D eigenvalue weighted by atomic mass is 32.1. The molecule has 100 valence electrons. The maximum absolute atomic E-state index is 13.6. The van der Waals surface area contributed by atoms with Crippen molar-refractivity contribution in [1.29, 1.82) is 0 Å². The number of nitro benzene ring substituents is 1. The first-order valence-electron chi connectivity index (χ1n) is 5.25. The third-order valence-electron chi connectivity index (χ3n) is 2.34. The fourth-order valence-electron chi connectivity index (χ4n) is 1.55. The lowest BCUT2D eigenvalue weighted by Gasteiger charge is -2.07. The van der Waals surface area contributed by atoms with Crippen LogP contribution in [-0.4, -0.2) is 9.91 Å². The van der Waals surface area contributed by atoms with Gasteiger partial charge in [0, 0.05) is 11.4 Å². The van der Waals surface area contributed by atoms with Crippen LogP contribution in [0.2, 0.25) is 0 Å². The van der Waals surface area contributed by atoms with Crippen molar-refractivity contribution in [2.24, 2.45) is 0 Å². The van der Waals surface area contributed by atoms with Crippen molar-refractivity contribution < 1.29 is 13.7 Å². The zero-order valence-electron chi connectivity index (χ0n) is 9.81. The zero-order chi connectivity index (χ0) is 14.0. The molecule has 1 heterocycles. The van der Waals surface area contributed by atoms with Crippen molar-refractivity contribution in [2.45, 2.75) is 13.5 Å². The van der Waals surface area contributed by atoms with Crippen molar-refractivity contribution in [2.75, 3.05) is 5.32 Å². The number of halogens is 2. The number of nitrogens with zero attached hydrogens (tertiary/aromatic N) is 2. The Morgan fingerprint density at radius 3 is 2.79 bits per heavy atom. The van der Waals surface area contributed by atoms with Gasteiger partial charge in [0.15, 0.2) is 5.82 Å². The highest BCUT2D eigenvalue weighted by Crippen LogP contribution is 2.29. The third kappa shape index (κ3) is 3.02. The number of nitro groups is 1. The van der Waals surface area contributed by atoms with Crippen LogP contribution in [0.25, 0.3) is 0 Å². The average Bonchev–Trinajstić information content (AvgIpc) is 2.73. The normalized spacial score (nSPS) is 10.5. The van der Waals surface area contributed by atoms with E-state index in [1.807, 2.05) is 6.92 Å². The van der Waals surface area contributed by atoms with Gasteiger partial charge in [-0.25, -0.2) is 13.8 Å². The molecule has 2 rings (SSSR count). The molecular formula is C11H9F2N3O2S. The van der Waals surface area contributed by atoms with Gasteiger partial charge in [-0.15, -0.1) is 11.3 Å². The molecule has 0 atom stereocenters. The Bertz CT molecular complexity index is 630. The Labute approximate surface area is 111 Å². The first-order valence-corrected chi connectivity index (χ1v) is 6.13. The Morgan fingerprint density at radius 1 is 1.47 bits per heavy atom. The molecule has 0 radical (unpaired) electrons. The summed E-state index contributed by atoms with van der Waals surface area (Å²) in [6, 6.07) is 1.28. The van der Waals surface area contributed by atoms with Crippen molar-refractivity contribution in [3.05, 3.63) is 50.0 Å². The molecule has 0 saturated heterocycles. The van der Waals surface area contributed by atoms with E-state index in [0.29, 0.717) is 17.8 Å². The zero-order valence-corrected chi connectivity index (χ0v) is 10.6. The molecule has 0 fully saturated rings. The van der Waals surface area contributed by atoms with E-state index in [0.717, 1.165) is 5.01 Å². The van der Waals surface area contributed by atoms with Gasteiger partial charge in [-0.05, 0) is 6.92 Å². The molecule has 19 heavy (non-hydrogen) atoms. The molecule has 0 bridgehead atoms. The minimum atomic E-state index is -1.00. The number of hydrogen-bond acceptors (Lipinski definition) is 5. The van der Waals surface area contributed by atoms with Gasteiger partial charge < -0.3 is 5.32 Å². The third-order valence-corrected chi connectivity index (χ3v) is 3.17. The molecule has 1 aromatic carbocycles. The van der Waals surface area contributed by atoms with Gasteiger partial charge >= 0.3 is 0 Å². The Morgan fingerprint density at radius 2 is 2.21 bits per heavy atom. The summed E-state index contributed by atoms with van der Waals surface area (Å²) in [5.41, 5.74) is -0.331. The lowest BCUT2D eigenvalue weighted by molar-refractivity contribution is -0.384. The number of hydrogen-bond donors (Lipinski definition) is 1. The second kappa shape index (κ2) is 5.27. The maximum atomic E-state index is 13.6. The van der Waals surface area contributed by atoms with Gasteiger partial charge in [-0.1, -0.05) is 0 Å². The van der Waals surface area contributed by atoms with Gasteiger partial charge in [0.25, 0.3) is 5.69 Å². The highest BCUT2D eigenvalue weighted by Gasteiger charge is 2.20. The molecule has 0 aliphatic heterocycles. The summed E-state index contributed by atoms with van der Waals surface area (Å²) in [5.74, 6) is -1.99. The van der Waals surface area contributed by atoms with Gasteiger partial charge in [0.2, 0.25) is 0 Å². The molecular weight excluding hydrogens is 276 g/mol. The van der Waals surface area contributed by atoms with E-state index in [1.165, 1.54) is 11.3 Å². The van der Waals surface area contributed by atoms with Gasteiger partial charge in [-0.2, -0.15) is 0 Å². The number of thiazole rings is 1. The standard InChI is InChI=1S/C11H9F2N3O2S/c1-6-15-8(5-19-6)4-14-11-9(13)2-7(12)3-10(11)16(17)18/h2-3,5,14H,4H2,1H3. The van der Waals surface area contributed by atoms with Crippen LogP contribution < -0.4 is 5.32 Å². The predicted octanol–water partition coefficient (Wildman–Crippen LogP) is 3.25. The summed E-state index contributed by atoms with van der Waals surface area (Å²) in [7, 11) is 0. The second-order valence-corrected chi connectivity index (χ2v) is 4.81. The number of benzene rings is 1. The van der Waals surface area contributed by atoms with E-state index in [4.69, 9.17) is 0 Å². The minimum absolute atomic E-state index is 0.133. The summed E-state index contributed by atoms with van der Waals surface area (Å²) >= 11 is 1.42. The maximum Gasteiger partial charge on any atom is 0.298 e. The quantitative estimate of drug-likeness (QED) is 0.691. The summed E-state index contributed by atoms with van der Waals surface area (Å²) < 4.78 is 26.5. The molecule has 0 unspecified atom stereocenters. The number of nitrogens with one attached hydrogen (secondary N) is 1. The van der Waals surface area contributed by atoms with E-state index < -0.39 is 22.2 Å². The Hall–Kier alpha value is -2.09. The topological polar surface area (TPSA) is 68.1 Å². The molecule has 2 aromatic rings. The van der Waals surface area contributed by atoms with E-state index >= 15 is 0 Å². The van der Waals surface area contributed by atoms with Crippen LogP contribution in [0.5, 0.6) is 0 Å². The minimum Gasteiger partial charge on any atom is -0.371 e. The number of anilines is 1. The van der Waals surface area contributed by atoms with E-state index in [-0.39, 0.29) is 12.2 Å². The summed E-state index contributed by atoms with van der Waals surface area (Å²) in [6.45, 7) is 1.95. The van der Waals surface area contributed by atoms with Crippen molar-refractivity contribution >= 4 is 22.7 Å². The van der Waals surface area contributed by atoms with Gasteiger partial charge in [0.05, 0.1) is 28.2 Å². The van der Waals surface area contributed by atoms with Crippen LogP contribution >= 0.6 is 11.3 Å². The van der Waals surface area contributed by atoms with Crippen molar-refractivity contribution in [1.82, 2.24) is 4.98 Å². The van der Waals surface area contributed by atoms with Gasteiger partial charge in [-0.3, -0.25) is 10.1 Å². The smallest absolute Gasteiger partial charge is 0.298 e. The summed E-state index contributed by atoms with van der Waals surface area (Å²) in [6.07, 6.45) is 0. The van der Waals surface area contributed by atoms with Crippen molar-refractivity contribution in [3.8, 4) is 0 Å². The number of rotatable bonds is 4. The van der Waals surface area contributed by atoms with Crippen molar-refractivity contribution in [3.63, 3.8) is 0 Å². The first kappa shape index (κ1) is 13.3. The van der Waals surface area contributed by atoms with E-state index in [2.05, 4.69) is 10.3 Å². The van der Waals surface area contributed by atoms with Crippen LogP contribution in [0.3, 0.4) is 0 Å². The molecule has 8 heteroatoms. The fraction of sp³-hybridized carbons (Fsp3) is 0.182. The lowest BCUT2D eigenvalue weighted by Crippen LogP contribution is -2.06. The monoisotopic (exact) mass is 285 g/mol. The molecule has 1 aromatic heterocycles. The summed E-state index contributed by atoms with van der Waals surface area (Å²) in [5, 5.41) is 15.9. The SMILES string of the molecule is Cc1nc(CNc2c(F)cc(F)cc2[N+](=O)[O-])cs1. The highest BCUT2D eigenvalue weighted by molar-refractivity contribution is 7.09. The average molecular weight is 285 g/mol. The fourth-order valence-corrected chi connectivity index (χ4v) is 2.16. The Balaban J connectivity index is 2.26. The van der Waals surface area contributed by atoms with Crippen LogP contribution in [0.4, 0.5) is 20.2 Å². The van der Waals surface area contributed by atoms with Crippen LogP contribution in [0, 0.1) is 28.7 Å². The Kier molecular flexibility index (Phi) is 3.70. The molecule has 0 spiro atoms. The van der Waals surface area contributed by atoms with Crippen LogP contribution in [0.15, 0.2) is 17.5 Å². The lowest BCUT2D eigenvalue weighted by atomic mass is 10.2. The van der Waals surface area contributed by atoms with Crippen LogP contribution in [-0.2, 0) is 6.54 Å².